The van der Waals surface area contributed by atoms with Crippen molar-refractivity contribution >= 4 is 0 Å². The fourth-order valence-electron chi connectivity index (χ4n) is 0.847. The number of hydrogen-bond acceptors (Lipinski definition) is 5. The molecule has 60 valence electrons. The first-order valence-electron chi connectivity index (χ1n) is 3.48. The molecule has 1 aliphatic heterocycles. The van der Waals surface area contributed by atoms with Crippen molar-refractivity contribution in [2.24, 2.45) is 0 Å². The largest absolute Gasteiger partial charge is 0.378 e. The first-order valence-corrected chi connectivity index (χ1v) is 3.48. The molecule has 0 unspecified atom stereocenters. The van der Waals surface area contributed by atoms with Gasteiger partial charge in [0.25, 0.3) is 0 Å². The van der Waals surface area contributed by atoms with Crippen LogP contribution in [0, 0.1) is 0 Å². The van der Waals surface area contributed by atoms with Crippen molar-refractivity contribution in [3.8, 4) is 0 Å². The van der Waals surface area contributed by atoms with Gasteiger partial charge in [-0.3, -0.25) is 0 Å². The second kappa shape index (κ2) is 2.93. The van der Waals surface area contributed by atoms with Crippen molar-refractivity contribution in [3.05, 3.63) is 5.82 Å². The molecule has 0 aliphatic carbocycles. The van der Waals surface area contributed by atoms with Crippen LogP contribution in [0.2, 0.25) is 0 Å². The van der Waals surface area contributed by atoms with Crippen LogP contribution >= 0.6 is 0 Å². The summed E-state index contributed by atoms with van der Waals surface area (Å²) in [4.78, 5) is 0. The number of ether oxygens (including phenoxy) is 1. The van der Waals surface area contributed by atoms with Crippen molar-refractivity contribution in [2.75, 3.05) is 13.2 Å². The Kier molecular flexibility index (Phi) is 1.78. The molecule has 6 heteroatoms. The maximum Gasteiger partial charge on any atom is 0.188 e. The molecule has 2 N–H and O–H groups in total. The highest BCUT2D eigenvalue weighted by Crippen LogP contribution is 1.99. The van der Waals surface area contributed by atoms with Crippen molar-refractivity contribution in [2.45, 2.75) is 12.6 Å². The molecule has 0 bridgehead atoms. The number of tetrazole rings is 1. The predicted octanol–water partition coefficient (Wildman–Crippen LogP) is -1.31. The Hall–Kier alpha value is -1.01. The molecule has 11 heavy (non-hydrogen) atoms. The highest BCUT2D eigenvalue weighted by molar-refractivity contribution is 4.79. The van der Waals surface area contributed by atoms with Crippen LogP contribution in [0.5, 0.6) is 0 Å². The minimum absolute atomic E-state index is 0.466. The van der Waals surface area contributed by atoms with E-state index in [9.17, 15) is 0 Å². The van der Waals surface area contributed by atoms with E-state index in [2.05, 4.69) is 25.9 Å². The smallest absolute Gasteiger partial charge is 0.188 e. The first-order chi connectivity index (χ1) is 5.45. The van der Waals surface area contributed by atoms with Gasteiger partial charge < -0.3 is 10.1 Å². The van der Waals surface area contributed by atoms with Crippen LogP contribution in [0.4, 0.5) is 0 Å². The minimum Gasteiger partial charge on any atom is -0.378 e. The summed E-state index contributed by atoms with van der Waals surface area (Å²) >= 11 is 0. The van der Waals surface area contributed by atoms with Gasteiger partial charge >= 0.3 is 0 Å². The molecule has 0 amide bonds. The fraction of sp³-hybridized carbons (Fsp3) is 0.800. The zero-order valence-electron chi connectivity index (χ0n) is 5.95. The number of hydrogen-bond donors (Lipinski definition) is 2. The van der Waals surface area contributed by atoms with Gasteiger partial charge in [0.2, 0.25) is 0 Å². The van der Waals surface area contributed by atoms with Gasteiger partial charge in [-0.1, -0.05) is 5.21 Å². The summed E-state index contributed by atoms with van der Waals surface area (Å²) in [5, 5.41) is 16.6. The Bertz CT molecular complexity index is 207. The third-order valence-corrected chi connectivity index (χ3v) is 1.58. The molecule has 6 nitrogen and oxygen atoms in total. The molecule has 1 aromatic heterocycles. The van der Waals surface area contributed by atoms with E-state index in [-0.39, 0.29) is 0 Å². The number of aromatic nitrogens is 4. The van der Waals surface area contributed by atoms with Crippen LogP contribution in [0.25, 0.3) is 0 Å². The van der Waals surface area contributed by atoms with E-state index in [4.69, 9.17) is 4.74 Å². The van der Waals surface area contributed by atoms with E-state index in [0.717, 1.165) is 13.2 Å². The quantitative estimate of drug-likeness (QED) is 0.566. The maximum absolute atomic E-state index is 4.98. The summed E-state index contributed by atoms with van der Waals surface area (Å²) in [6, 6.07) is 0.466. The normalized spacial score (nSPS) is 18.2. The van der Waals surface area contributed by atoms with Gasteiger partial charge in [-0.25, -0.2) is 0 Å². The second-order valence-corrected chi connectivity index (χ2v) is 2.44. The molecule has 1 saturated heterocycles. The average molecular weight is 155 g/mol. The molecule has 0 aromatic carbocycles. The second-order valence-electron chi connectivity index (χ2n) is 2.44. The lowest BCUT2D eigenvalue weighted by atomic mass is 10.2. The van der Waals surface area contributed by atoms with Crippen LogP contribution < -0.4 is 5.32 Å². The lowest BCUT2D eigenvalue weighted by Gasteiger charge is -2.26. The Morgan fingerprint density at radius 3 is 3.09 bits per heavy atom. The summed E-state index contributed by atoms with van der Waals surface area (Å²) in [5.74, 6) is 0.692. The van der Waals surface area contributed by atoms with E-state index < -0.39 is 0 Å². The van der Waals surface area contributed by atoms with Gasteiger partial charge in [0.1, 0.15) is 0 Å². The van der Waals surface area contributed by atoms with Crippen molar-refractivity contribution in [1.82, 2.24) is 25.9 Å². The monoisotopic (exact) mass is 155 g/mol. The summed E-state index contributed by atoms with van der Waals surface area (Å²) < 4.78 is 4.98. The van der Waals surface area contributed by atoms with E-state index in [0.29, 0.717) is 18.4 Å². The molecule has 1 fully saturated rings. The molecular formula is C5H9N5O. The molecule has 2 heterocycles. The van der Waals surface area contributed by atoms with Crippen molar-refractivity contribution in [1.29, 1.82) is 0 Å². The lowest BCUT2D eigenvalue weighted by Crippen LogP contribution is -2.45. The Morgan fingerprint density at radius 2 is 2.55 bits per heavy atom. The number of nitrogens with zero attached hydrogens (tertiary/aromatic N) is 3. The third kappa shape index (κ3) is 1.52. The number of H-pyrrole nitrogens is 1. The van der Waals surface area contributed by atoms with Gasteiger partial charge in [0.15, 0.2) is 5.82 Å². The lowest BCUT2D eigenvalue weighted by molar-refractivity contribution is -0.00604. The number of nitrogens with one attached hydrogen (secondary N) is 2. The van der Waals surface area contributed by atoms with Crippen molar-refractivity contribution < 1.29 is 4.74 Å². The van der Waals surface area contributed by atoms with Crippen LogP contribution in [-0.2, 0) is 11.3 Å². The molecule has 0 radical (unpaired) electrons. The van der Waals surface area contributed by atoms with Crippen molar-refractivity contribution in [3.63, 3.8) is 0 Å². The van der Waals surface area contributed by atoms with E-state index in [1.165, 1.54) is 0 Å². The topological polar surface area (TPSA) is 75.7 Å². The Labute approximate surface area is 63.3 Å². The first kappa shape index (κ1) is 6.68. The third-order valence-electron chi connectivity index (χ3n) is 1.58. The van der Waals surface area contributed by atoms with Gasteiger partial charge in [-0.05, 0) is 0 Å². The van der Waals surface area contributed by atoms with E-state index in [1.807, 2.05) is 0 Å². The zero-order valence-corrected chi connectivity index (χ0v) is 5.95. The van der Waals surface area contributed by atoms with Gasteiger partial charge in [0.05, 0.1) is 25.8 Å². The molecule has 1 aromatic rings. The minimum atomic E-state index is 0.466. The summed E-state index contributed by atoms with van der Waals surface area (Å²) in [6.45, 7) is 2.24. The molecular weight excluding hydrogens is 146 g/mol. The van der Waals surface area contributed by atoms with Gasteiger partial charge in [0, 0.05) is 0 Å². The predicted molar refractivity (Wildman–Crippen MR) is 35.6 cm³/mol. The molecule has 2 rings (SSSR count). The van der Waals surface area contributed by atoms with Crippen LogP contribution in [0.15, 0.2) is 0 Å². The molecule has 0 saturated carbocycles. The fourth-order valence-corrected chi connectivity index (χ4v) is 0.847. The van der Waals surface area contributed by atoms with Crippen LogP contribution in [-0.4, -0.2) is 39.9 Å². The standard InChI is InChI=1S/C5H9N5O/c1(5-7-9-10-8-5)6-4-2-11-3-4/h4,6H,1-3H2,(H,7,8,9,10). The summed E-state index contributed by atoms with van der Waals surface area (Å²) in [7, 11) is 0. The highest BCUT2D eigenvalue weighted by Gasteiger charge is 2.17. The summed E-state index contributed by atoms with van der Waals surface area (Å²) in [6.07, 6.45) is 0. The SMILES string of the molecule is C(NC1COC1)c1nn[nH]n1. The summed E-state index contributed by atoms with van der Waals surface area (Å²) in [5.41, 5.74) is 0. The number of rotatable bonds is 3. The Morgan fingerprint density at radius 1 is 1.64 bits per heavy atom. The van der Waals surface area contributed by atoms with E-state index in [1.54, 1.807) is 0 Å². The molecule has 0 atom stereocenters. The van der Waals surface area contributed by atoms with E-state index >= 15 is 0 Å². The van der Waals surface area contributed by atoms with Gasteiger partial charge in [-0.2, -0.15) is 5.21 Å². The molecule has 0 spiro atoms. The average Bonchev–Trinajstić information content (AvgIpc) is 2.36. The Balaban J connectivity index is 1.74. The highest BCUT2D eigenvalue weighted by atomic mass is 16.5. The number of aromatic amines is 1. The maximum atomic E-state index is 4.98. The van der Waals surface area contributed by atoms with Gasteiger partial charge in [-0.15, -0.1) is 10.2 Å². The molecule has 1 aliphatic rings. The van der Waals surface area contributed by atoms with Crippen LogP contribution in [0.3, 0.4) is 0 Å². The van der Waals surface area contributed by atoms with Crippen LogP contribution in [0.1, 0.15) is 5.82 Å². The zero-order chi connectivity index (χ0) is 7.52.